The van der Waals surface area contributed by atoms with Gasteiger partial charge in [0.2, 0.25) is 0 Å². The zero-order chi connectivity index (χ0) is 17.2. The summed E-state index contributed by atoms with van der Waals surface area (Å²) in [6, 6.07) is 25.3. The first-order chi connectivity index (χ1) is 12.3. The Labute approximate surface area is 147 Å². The van der Waals surface area contributed by atoms with E-state index in [0.717, 1.165) is 17.8 Å². The van der Waals surface area contributed by atoms with E-state index in [4.69, 9.17) is 0 Å². The van der Waals surface area contributed by atoms with Crippen molar-refractivity contribution in [3.05, 3.63) is 78.4 Å². The molecule has 0 aliphatic carbocycles. The lowest BCUT2D eigenvalue weighted by molar-refractivity contribution is 0.897. The van der Waals surface area contributed by atoms with Crippen LogP contribution in [0, 0.1) is 0 Å². The van der Waals surface area contributed by atoms with Gasteiger partial charge in [-0.15, -0.1) is 0 Å². The number of anilines is 1. The largest absolute Gasteiger partial charge is 0.344 e. The minimum atomic E-state index is 0.830. The highest BCUT2D eigenvalue weighted by Crippen LogP contribution is 2.28. The van der Waals surface area contributed by atoms with Gasteiger partial charge in [0.05, 0.1) is 11.9 Å². The number of fused-ring (bicyclic) bond motifs is 3. The van der Waals surface area contributed by atoms with Gasteiger partial charge >= 0.3 is 0 Å². The molecule has 0 radical (unpaired) electrons. The smallest absolute Gasteiger partial charge is 0.0593 e. The Balaban J connectivity index is 1.73. The van der Waals surface area contributed by atoms with Crippen molar-refractivity contribution in [1.82, 2.24) is 4.57 Å². The summed E-state index contributed by atoms with van der Waals surface area (Å²) >= 11 is 0. The fourth-order valence-electron chi connectivity index (χ4n) is 3.33. The van der Waals surface area contributed by atoms with Crippen molar-refractivity contribution < 1.29 is 0 Å². The molecule has 0 fully saturated rings. The molecule has 1 aromatic heterocycles. The molecule has 0 amide bonds. The first-order valence-electron chi connectivity index (χ1n) is 8.61. The molecule has 0 unspecified atom stereocenters. The van der Waals surface area contributed by atoms with Crippen molar-refractivity contribution in [3.63, 3.8) is 0 Å². The van der Waals surface area contributed by atoms with Gasteiger partial charge in [-0.1, -0.05) is 42.5 Å². The Bertz CT molecular complexity index is 1040. The van der Waals surface area contributed by atoms with Crippen molar-refractivity contribution in [2.75, 3.05) is 11.6 Å². The molecule has 25 heavy (non-hydrogen) atoms. The number of para-hydroxylation sites is 2. The molecule has 0 atom stereocenters. The predicted molar refractivity (Wildman–Crippen MR) is 107 cm³/mol. The summed E-state index contributed by atoms with van der Waals surface area (Å²) in [6.07, 6.45) is 1.94. The topological polar surface area (TPSA) is 20.5 Å². The number of benzene rings is 3. The number of hydrazone groups is 1. The summed E-state index contributed by atoms with van der Waals surface area (Å²) in [5.74, 6) is 0. The molecular formula is C22H21N3. The summed E-state index contributed by atoms with van der Waals surface area (Å²) in [7, 11) is 2.12. The van der Waals surface area contributed by atoms with Crippen molar-refractivity contribution in [2.45, 2.75) is 6.92 Å². The van der Waals surface area contributed by atoms with Gasteiger partial charge < -0.3 is 4.57 Å². The third-order valence-electron chi connectivity index (χ3n) is 4.64. The lowest BCUT2D eigenvalue weighted by atomic mass is 10.1. The molecule has 4 rings (SSSR count). The first-order valence-corrected chi connectivity index (χ1v) is 8.61. The Hall–Kier alpha value is -3.07. The minimum absolute atomic E-state index is 0.830. The number of nitrogens with zero attached hydrogens (tertiary/aromatic N) is 3. The van der Waals surface area contributed by atoms with Gasteiger partial charge in [0, 0.05) is 35.4 Å². The maximum Gasteiger partial charge on any atom is 0.0593 e. The molecule has 3 nitrogen and oxygen atoms in total. The number of aryl methyl sites for hydroxylation is 1. The van der Waals surface area contributed by atoms with Crippen LogP contribution in [-0.2, 0) is 7.05 Å². The van der Waals surface area contributed by atoms with Gasteiger partial charge in [-0.2, -0.15) is 5.10 Å². The first kappa shape index (κ1) is 15.5. The normalized spacial score (nSPS) is 11.6. The fourth-order valence-corrected chi connectivity index (χ4v) is 3.33. The quantitative estimate of drug-likeness (QED) is 0.373. The number of hydrogen-bond donors (Lipinski definition) is 0. The van der Waals surface area contributed by atoms with Crippen LogP contribution in [0.1, 0.15) is 12.5 Å². The fraction of sp³-hybridized carbons (Fsp3) is 0.136. The third kappa shape index (κ3) is 2.78. The van der Waals surface area contributed by atoms with E-state index in [-0.39, 0.29) is 0 Å². The van der Waals surface area contributed by atoms with Crippen molar-refractivity contribution in [3.8, 4) is 0 Å². The maximum absolute atomic E-state index is 4.68. The second-order valence-corrected chi connectivity index (χ2v) is 6.15. The van der Waals surface area contributed by atoms with Gasteiger partial charge in [-0.3, -0.25) is 5.01 Å². The van der Waals surface area contributed by atoms with Gasteiger partial charge in [0.15, 0.2) is 0 Å². The van der Waals surface area contributed by atoms with Crippen LogP contribution >= 0.6 is 0 Å². The maximum atomic E-state index is 4.68. The lowest BCUT2D eigenvalue weighted by Gasteiger charge is -2.16. The highest BCUT2D eigenvalue weighted by Gasteiger charge is 2.07. The molecule has 3 aromatic carbocycles. The molecule has 4 aromatic rings. The Morgan fingerprint density at radius 2 is 1.60 bits per heavy atom. The summed E-state index contributed by atoms with van der Waals surface area (Å²) in [5, 5.41) is 9.24. The highest BCUT2D eigenvalue weighted by molar-refractivity contribution is 6.09. The van der Waals surface area contributed by atoms with Crippen molar-refractivity contribution in [2.24, 2.45) is 12.1 Å². The molecule has 3 heteroatoms. The zero-order valence-corrected chi connectivity index (χ0v) is 14.6. The van der Waals surface area contributed by atoms with Crippen LogP contribution in [0.25, 0.3) is 21.8 Å². The molecule has 0 bridgehead atoms. The summed E-state index contributed by atoms with van der Waals surface area (Å²) in [4.78, 5) is 0. The van der Waals surface area contributed by atoms with E-state index in [1.54, 1.807) is 0 Å². The number of rotatable bonds is 4. The molecule has 0 aliphatic heterocycles. The van der Waals surface area contributed by atoms with Gasteiger partial charge in [-0.25, -0.2) is 0 Å². The monoisotopic (exact) mass is 327 g/mol. The van der Waals surface area contributed by atoms with E-state index in [9.17, 15) is 0 Å². The molecule has 0 N–H and O–H groups in total. The second-order valence-electron chi connectivity index (χ2n) is 6.15. The van der Waals surface area contributed by atoms with Crippen LogP contribution in [0.5, 0.6) is 0 Å². The molecule has 0 aliphatic rings. The molecule has 1 heterocycles. The molecular weight excluding hydrogens is 306 g/mol. The standard InChI is InChI=1S/C22H21N3/c1-3-25(18-9-5-4-6-10-18)23-16-17-13-14-22-20(15-17)19-11-7-8-12-21(19)24(22)2/h4-16H,3H2,1-2H3. The van der Waals surface area contributed by atoms with E-state index >= 15 is 0 Å². The average Bonchev–Trinajstić information content (AvgIpc) is 2.96. The van der Waals surface area contributed by atoms with Crippen molar-refractivity contribution in [1.29, 1.82) is 0 Å². The van der Waals surface area contributed by atoms with Crippen LogP contribution in [0.4, 0.5) is 5.69 Å². The van der Waals surface area contributed by atoms with Gasteiger partial charge in [-0.05, 0) is 42.8 Å². The zero-order valence-electron chi connectivity index (χ0n) is 14.6. The number of hydrogen-bond acceptors (Lipinski definition) is 2. The number of aromatic nitrogens is 1. The highest BCUT2D eigenvalue weighted by atomic mass is 15.4. The summed E-state index contributed by atoms with van der Waals surface area (Å²) in [6.45, 7) is 2.94. The van der Waals surface area contributed by atoms with Gasteiger partial charge in [0.1, 0.15) is 0 Å². The van der Waals surface area contributed by atoms with Crippen LogP contribution < -0.4 is 5.01 Å². The van der Waals surface area contributed by atoms with Crippen LogP contribution in [0.2, 0.25) is 0 Å². The van der Waals surface area contributed by atoms with E-state index in [0.29, 0.717) is 0 Å². The molecule has 0 saturated carbocycles. The van der Waals surface area contributed by atoms with E-state index in [1.165, 1.54) is 21.8 Å². The second kappa shape index (κ2) is 6.44. The van der Waals surface area contributed by atoms with Crippen LogP contribution in [-0.4, -0.2) is 17.3 Å². The minimum Gasteiger partial charge on any atom is -0.344 e. The average molecular weight is 327 g/mol. The van der Waals surface area contributed by atoms with Gasteiger partial charge in [0.25, 0.3) is 0 Å². The third-order valence-corrected chi connectivity index (χ3v) is 4.64. The van der Waals surface area contributed by atoms with E-state index < -0.39 is 0 Å². The van der Waals surface area contributed by atoms with Crippen molar-refractivity contribution >= 4 is 33.7 Å². The Kier molecular flexibility index (Phi) is 3.98. The lowest BCUT2D eigenvalue weighted by Crippen LogP contribution is -2.15. The van der Waals surface area contributed by atoms with E-state index in [2.05, 4.69) is 78.2 Å². The predicted octanol–water partition coefficient (Wildman–Crippen LogP) is 5.19. The molecule has 124 valence electrons. The van der Waals surface area contributed by atoms with Crippen LogP contribution in [0.3, 0.4) is 0 Å². The SMILES string of the molecule is CCN(N=Cc1ccc2c(c1)c1ccccc1n2C)c1ccccc1. The van der Waals surface area contributed by atoms with Crippen LogP contribution in [0.15, 0.2) is 77.9 Å². The molecule has 0 saturated heterocycles. The van der Waals surface area contributed by atoms with E-state index in [1.807, 2.05) is 29.4 Å². The Morgan fingerprint density at radius 3 is 2.40 bits per heavy atom. The summed E-state index contributed by atoms with van der Waals surface area (Å²) in [5.41, 5.74) is 4.71. The Morgan fingerprint density at radius 1 is 0.880 bits per heavy atom. The summed E-state index contributed by atoms with van der Waals surface area (Å²) < 4.78 is 2.24. The molecule has 0 spiro atoms.